The van der Waals surface area contributed by atoms with Crippen molar-refractivity contribution in [1.29, 1.82) is 0 Å². The molecule has 0 aliphatic heterocycles. The van der Waals surface area contributed by atoms with Crippen molar-refractivity contribution in [2.75, 3.05) is 19.6 Å². The van der Waals surface area contributed by atoms with Gasteiger partial charge in [0.15, 0.2) is 0 Å². The van der Waals surface area contributed by atoms with Crippen molar-refractivity contribution in [2.45, 2.75) is 46.6 Å². The summed E-state index contributed by atoms with van der Waals surface area (Å²) in [7, 11) is 0. The van der Waals surface area contributed by atoms with E-state index in [2.05, 4.69) is 29.4 Å². The van der Waals surface area contributed by atoms with Crippen LogP contribution in [-0.2, 0) is 4.79 Å². The fourth-order valence-electron chi connectivity index (χ4n) is 1.66. The van der Waals surface area contributed by atoms with Crippen molar-refractivity contribution >= 4 is 11.9 Å². The first-order chi connectivity index (χ1) is 8.06. The Hall–Kier alpha value is -1.10. The van der Waals surface area contributed by atoms with Gasteiger partial charge in [-0.2, -0.15) is 0 Å². The standard InChI is InChI=1S/C12H25N3O2/c1-5-8-15(9-6-2)10(4)11(16)14-12(17)13-7-3/h10H,5-9H2,1-4H3,(H2,13,14,16,17)/t10-/m1/s1. The van der Waals surface area contributed by atoms with E-state index < -0.39 is 6.03 Å². The number of carbonyl (C=O) groups excluding carboxylic acids is 2. The third kappa shape index (κ3) is 6.26. The van der Waals surface area contributed by atoms with Gasteiger partial charge in [0, 0.05) is 6.54 Å². The molecule has 0 spiro atoms. The molecule has 17 heavy (non-hydrogen) atoms. The number of hydrogen-bond donors (Lipinski definition) is 2. The summed E-state index contributed by atoms with van der Waals surface area (Å²) in [5.74, 6) is -0.238. The van der Waals surface area contributed by atoms with E-state index in [4.69, 9.17) is 0 Å². The van der Waals surface area contributed by atoms with Crippen molar-refractivity contribution in [3.05, 3.63) is 0 Å². The van der Waals surface area contributed by atoms with E-state index in [1.807, 2.05) is 13.8 Å². The Bertz CT molecular complexity index is 238. The predicted molar refractivity (Wildman–Crippen MR) is 68.8 cm³/mol. The number of rotatable bonds is 7. The van der Waals surface area contributed by atoms with Crippen LogP contribution in [0.25, 0.3) is 0 Å². The molecule has 2 N–H and O–H groups in total. The van der Waals surface area contributed by atoms with Gasteiger partial charge in [0.2, 0.25) is 5.91 Å². The molecule has 0 aliphatic carbocycles. The number of nitrogens with zero attached hydrogens (tertiary/aromatic N) is 1. The van der Waals surface area contributed by atoms with Gasteiger partial charge in [-0.15, -0.1) is 0 Å². The second-order valence-corrected chi connectivity index (χ2v) is 4.06. The lowest BCUT2D eigenvalue weighted by Gasteiger charge is -2.27. The highest BCUT2D eigenvalue weighted by atomic mass is 16.2. The zero-order valence-electron chi connectivity index (χ0n) is 11.4. The van der Waals surface area contributed by atoms with Crippen molar-refractivity contribution in [3.8, 4) is 0 Å². The van der Waals surface area contributed by atoms with Gasteiger partial charge >= 0.3 is 6.03 Å². The Morgan fingerprint density at radius 2 is 1.65 bits per heavy atom. The van der Waals surface area contributed by atoms with Gasteiger partial charge < -0.3 is 5.32 Å². The topological polar surface area (TPSA) is 61.4 Å². The lowest BCUT2D eigenvalue weighted by Crippen LogP contribution is -2.50. The molecule has 0 aromatic rings. The SMILES string of the molecule is CCCN(CCC)[C@H](C)C(=O)NC(=O)NCC. The highest BCUT2D eigenvalue weighted by Crippen LogP contribution is 2.02. The second kappa shape index (κ2) is 8.98. The molecule has 0 aliphatic rings. The Balaban J connectivity index is 4.28. The minimum Gasteiger partial charge on any atom is -0.338 e. The van der Waals surface area contributed by atoms with Gasteiger partial charge in [-0.1, -0.05) is 13.8 Å². The minimum absolute atomic E-state index is 0.238. The van der Waals surface area contributed by atoms with Gasteiger partial charge in [-0.25, -0.2) is 4.79 Å². The van der Waals surface area contributed by atoms with Crippen LogP contribution < -0.4 is 10.6 Å². The minimum atomic E-state index is -0.419. The van der Waals surface area contributed by atoms with Gasteiger partial charge in [0.05, 0.1) is 6.04 Å². The van der Waals surface area contributed by atoms with Crippen LogP contribution in [-0.4, -0.2) is 42.5 Å². The molecule has 0 bridgehead atoms. The summed E-state index contributed by atoms with van der Waals surface area (Å²) in [5.41, 5.74) is 0. The van der Waals surface area contributed by atoms with Gasteiger partial charge in [-0.05, 0) is 39.8 Å². The zero-order chi connectivity index (χ0) is 13.3. The Morgan fingerprint density at radius 3 is 2.06 bits per heavy atom. The monoisotopic (exact) mass is 243 g/mol. The largest absolute Gasteiger partial charge is 0.338 e. The molecule has 0 rings (SSSR count). The maximum atomic E-state index is 11.8. The molecular weight excluding hydrogens is 218 g/mol. The number of hydrogen-bond acceptors (Lipinski definition) is 3. The molecule has 0 radical (unpaired) electrons. The molecular formula is C12H25N3O2. The smallest absolute Gasteiger partial charge is 0.321 e. The van der Waals surface area contributed by atoms with Crippen LogP contribution in [0.15, 0.2) is 0 Å². The zero-order valence-corrected chi connectivity index (χ0v) is 11.4. The fourth-order valence-corrected chi connectivity index (χ4v) is 1.66. The average molecular weight is 243 g/mol. The molecule has 3 amide bonds. The first-order valence-corrected chi connectivity index (χ1v) is 6.39. The normalized spacial score (nSPS) is 12.3. The molecule has 0 aromatic heterocycles. The molecule has 5 nitrogen and oxygen atoms in total. The van der Waals surface area contributed by atoms with Crippen molar-refractivity contribution < 1.29 is 9.59 Å². The van der Waals surface area contributed by atoms with Crippen LogP contribution in [0.5, 0.6) is 0 Å². The predicted octanol–water partition coefficient (Wildman–Crippen LogP) is 1.34. The van der Waals surface area contributed by atoms with E-state index in [1.165, 1.54) is 0 Å². The first-order valence-electron chi connectivity index (χ1n) is 6.39. The second-order valence-electron chi connectivity index (χ2n) is 4.06. The van der Waals surface area contributed by atoms with E-state index in [-0.39, 0.29) is 11.9 Å². The molecule has 0 unspecified atom stereocenters. The van der Waals surface area contributed by atoms with E-state index in [0.29, 0.717) is 6.54 Å². The molecule has 1 atom stereocenters. The molecule has 5 heteroatoms. The third-order valence-electron chi connectivity index (χ3n) is 2.52. The number of imide groups is 1. The molecule has 0 fully saturated rings. The summed E-state index contributed by atoms with van der Waals surface area (Å²) < 4.78 is 0. The molecule has 0 saturated carbocycles. The van der Waals surface area contributed by atoms with Gasteiger partial charge in [0.1, 0.15) is 0 Å². The average Bonchev–Trinajstić information content (AvgIpc) is 2.28. The van der Waals surface area contributed by atoms with E-state index in [9.17, 15) is 9.59 Å². The number of nitrogens with one attached hydrogen (secondary N) is 2. The molecule has 0 heterocycles. The Morgan fingerprint density at radius 1 is 1.12 bits per heavy atom. The lowest BCUT2D eigenvalue weighted by atomic mass is 10.2. The molecule has 0 saturated heterocycles. The lowest BCUT2D eigenvalue weighted by molar-refractivity contribution is -0.124. The van der Waals surface area contributed by atoms with Crippen LogP contribution in [0.1, 0.15) is 40.5 Å². The van der Waals surface area contributed by atoms with Gasteiger partial charge in [-0.3, -0.25) is 15.0 Å². The summed E-state index contributed by atoms with van der Waals surface area (Å²) in [5, 5.41) is 4.89. The van der Waals surface area contributed by atoms with E-state index in [1.54, 1.807) is 0 Å². The molecule has 100 valence electrons. The third-order valence-corrected chi connectivity index (χ3v) is 2.52. The van der Waals surface area contributed by atoms with E-state index >= 15 is 0 Å². The summed E-state index contributed by atoms with van der Waals surface area (Å²) in [6, 6.07) is -0.685. The van der Waals surface area contributed by atoms with Crippen LogP contribution in [0.3, 0.4) is 0 Å². The van der Waals surface area contributed by atoms with Crippen LogP contribution in [0, 0.1) is 0 Å². The van der Waals surface area contributed by atoms with Crippen LogP contribution in [0.4, 0.5) is 4.79 Å². The Kier molecular flexibility index (Phi) is 8.40. The number of carbonyl (C=O) groups is 2. The van der Waals surface area contributed by atoms with E-state index in [0.717, 1.165) is 25.9 Å². The van der Waals surface area contributed by atoms with Crippen molar-refractivity contribution in [3.63, 3.8) is 0 Å². The maximum Gasteiger partial charge on any atom is 0.321 e. The maximum absolute atomic E-state index is 11.8. The number of amides is 3. The summed E-state index contributed by atoms with van der Waals surface area (Å²) in [6.07, 6.45) is 2.00. The highest BCUT2D eigenvalue weighted by Gasteiger charge is 2.21. The first kappa shape index (κ1) is 15.9. The highest BCUT2D eigenvalue weighted by molar-refractivity contribution is 5.96. The van der Waals surface area contributed by atoms with Crippen molar-refractivity contribution in [1.82, 2.24) is 15.5 Å². The Labute approximate surface area is 104 Å². The number of urea groups is 1. The quantitative estimate of drug-likeness (QED) is 0.709. The van der Waals surface area contributed by atoms with Crippen LogP contribution in [0.2, 0.25) is 0 Å². The van der Waals surface area contributed by atoms with Crippen molar-refractivity contribution in [2.24, 2.45) is 0 Å². The molecule has 0 aromatic carbocycles. The fraction of sp³-hybridized carbons (Fsp3) is 0.833. The summed E-state index contributed by atoms with van der Waals surface area (Å²) >= 11 is 0. The summed E-state index contributed by atoms with van der Waals surface area (Å²) in [4.78, 5) is 25.1. The summed E-state index contributed by atoms with van der Waals surface area (Å²) in [6.45, 7) is 10.1. The van der Waals surface area contributed by atoms with Crippen LogP contribution >= 0.6 is 0 Å². The van der Waals surface area contributed by atoms with Gasteiger partial charge in [0.25, 0.3) is 0 Å².